The summed E-state index contributed by atoms with van der Waals surface area (Å²) in [5, 5.41) is 12.6. The van der Waals surface area contributed by atoms with Crippen molar-refractivity contribution in [2.75, 3.05) is 0 Å². The first kappa shape index (κ1) is 8.05. The minimum Gasteiger partial charge on any atom is -0.618 e. The average Bonchev–Trinajstić information content (AvgIpc) is 2.12. The Morgan fingerprint density at radius 1 is 1.08 bits per heavy atom. The van der Waals surface area contributed by atoms with E-state index in [0.717, 1.165) is 26.9 Å². The lowest BCUT2D eigenvalue weighted by atomic mass is 10.1. The predicted molar refractivity (Wildman–Crippen MR) is 52.4 cm³/mol. The molecule has 1 aromatic carbocycles. The number of pyridine rings is 1. The largest absolute Gasteiger partial charge is 0.618 e. The molecule has 66 valence electrons. The topological polar surface area (TPSA) is 26.9 Å². The average molecular weight is 173 g/mol. The van der Waals surface area contributed by atoms with Crippen LogP contribution in [0.5, 0.6) is 0 Å². The zero-order chi connectivity index (χ0) is 9.42. The second-order valence-corrected chi connectivity index (χ2v) is 3.33. The van der Waals surface area contributed by atoms with Crippen molar-refractivity contribution in [3.05, 3.63) is 46.8 Å². The number of fused-ring (bicyclic) bond motifs is 1. The summed E-state index contributed by atoms with van der Waals surface area (Å²) in [6.45, 7) is 3.80. The molecule has 1 aromatic heterocycles. The van der Waals surface area contributed by atoms with Gasteiger partial charge in [-0.3, -0.25) is 0 Å². The van der Waals surface area contributed by atoms with Crippen LogP contribution in [0.4, 0.5) is 0 Å². The molecule has 0 aliphatic rings. The molecule has 0 radical (unpaired) electrons. The number of rotatable bonds is 0. The van der Waals surface area contributed by atoms with Crippen LogP contribution in [-0.4, -0.2) is 0 Å². The van der Waals surface area contributed by atoms with Crippen molar-refractivity contribution in [3.8, 4) is 0 Å². The number of aromatic nitrogens is 1. The van der Waals surface area contributed by atoms with Crippen LogP contribution in [0.25, 0.3) is 10.9 Å². The van der Waals surface area contributed by atoms with E-state index in [2.05, 4.69) is 0 Å². The number of hydrogen-bond acceptors (Lipinski definition) is 1. The third kappa shape index (κ3) is 1.24. The van der Waals surface area contributed by atoms with E-state index < -0.39 is 0 Å². The molecule has 0 N–H and O–H groups in total. The smallest absolute Gasteiger partial charge is 0.224 e. The van der Waals surface area contributed by atoms with Crippen molar-refractivity contribution in [2.45, 2.75) is 13.8 Å². The maximum absolute atomic E-state index is 11.6. The summed E-state index contributed by atoms with van der Waals surface area (Å²) in [7, 11) is 0. The van der Waals surface area contributed by atoms with E-state index in [-0.39, 0.29) is 0 Å². The van der Waals surface area contributed by atoms with Gasteiger partial charge in [-0.25, -0.2) is 0 Å². The first-order valence-electron chi connectivity index (χ1n) is 4.28. The first-order chi connectivity index (χ1) is 6.18. The molecule has 0 saturated heterocycles. The van der Waals surface area contributed by atoms with Gasteiger partial charge >= 0.3 is 0 Å². The van der Waals surface area contributed by atoms with E-state index >= 15 is 0 Å². The van der Waals surface area contributed by atoms with Gasteiger partial charge < -0.3 is 5.21 Å². The monoisotopic (exact) mass is 173 g/mol. The van der Waals surface area contributed by atoms with Gasteiger partial charge in [-0.2, -0.15) is 4.73 Å². The summed E-state index contributed by atoms with van der Waals surface area (Å²) in [5.74, 6) is 0. The predicted octanol–water partition coefficient (Wildman–Crippen LogP) is 2.09. The molecule has 1 heterocycles. The molecule has 0 amide bonds. The van der Waals surface area contributed by atoms with Crippen LogP contribution in [0, 0.1) is 19.1 Å². The summed E-state index contributed by atoms with van der Waals surface area (Å²) < 4.78 is 0.975. The molecule has 0 bridgehead atoms. The van der Waals surface area contributed by atoms with Crippen molar-refractivity contribution in [1.29, 1.82) is 0 Å². The molecule has 0 atom stereocenters. The highest BCUT2D eigenvalue weighted by atomic mass is 16.5. The number of hydrogen-bond donors (Lipinski definition) is 0. The van der Waals surface area contributed by atoms with Crippen LogP contribution < -0.4 is 4.73 Å². The molecule has 2 heteroatoms. The number of nitrogens with zero attached hydrogens (tertiary/aromatic N) is 1. The standard InChI is InChI=1S/C11H11NO/c1-8-3-5-10-6-4-9(2)12(13)11(10)7-8/h3-7H,1-2H3. The third-order valence-electron chi connectivity index (χ3n) is 2.23. The van der Waals surface area contributed by atoms with E-state index in [1.807, 2.05) is 44.2 Å². The maximum atomic E-state index is 11.6. The van der Waals surface area contributed by atoms with Gasteiger partial charge in [-0.05, 0) is 24.6 Å². The highest BCUT2D eigenvalue weighted by molar-refractivity contribution is 5.76. The Morgan fingerprint density at radius 3 is 2.54 bits per heavy atom. The molecule has 2 rings (SSSR count). The SMILES string of the molecule is Cc1ccc2ccc(C)[n+]([O-])c2c1. The molecule has 2 aromatic rings. The Labute approximate surface area is 77.0 Å². The van der Waals surface area contributed by atoms with Gasteiger partial charge in [0.05, 0.1) is 0 Å². The zero-order valence-electron chi connectivity index (χ0n) is 7.74. The van der Waals surface area contributed by atoms with Crippen molar-refractivity contribution in [2.24, 2.45) is 0 Å². The maximum Gasteiger partial charge on any atom is 0.224 e. The van der Waals surface area contributed by atoms with Crippen molar-refractivity contribution in [3.63, 3.8) is 0 Å². The molecule has 0 fully saturated rings. The van der Waals surface area contributed by atoms with Crippen LogP contribution in [-0.2, 0) is 0 Å². The number of aryl methyl sites for hydroxylation is 2. The summed E-state index contributed by atoms with van der Waals surface area (Å²) in [6, 6.07) is 9.70. The lowest BCUT2D eigenvalue weighted by molar-refractivity contribution is -0.584. The second kappa shape index (κ2) is 2.73. The van der Waals surface area contributed by atoms with Crippen LogP contribution in [0.2, 0.25) is 0 Å². The van der Waals surface area contributed by atoms with Gasteiger partial charge in [0.25, 0.3) is 0 Å². The fourth-order valence-corrected chi connectivity index (χ4v) is 1.44. The van der Waals surface area contributed by atoms with E-state index in [1.165, 1.54) is 0 Å². The Hall–Kier alpha value is -1.57. The Morgan fingerprint density at radius 2 is 1.77 bits per heavy atom. The van der Waals surface area contributed by atoms with Crippen molar-refractivity contribution < 1.29 is 4.73 Å². The van der Waals surface area contributed by atoms with Crippen LogP contribution in [0.15, 0.2) is 30.3 Å². The lowest BCUT2D eigenvalue weighted by Crippen LogP contribution is -2.30. The molecular weight excluding hydrogens is 162 g/mol. The van der Waals surface area contributed by atoms with Gasteiger partial charge in [-0.15, -0.1) is 0 Å². The van der Waals surface area contributed by atoms with Crippen molar-refractivity contribution >= 4 is 10.9 Å². The van der Waals surface area contributed by atoms with Gasteiger partial charge in [0.1, 0.15) is 0 Å². The van der Waals surface area contributed by atoms with Gasteiger partial charge in [0.2, 0.25) is 5.52 Å². The van der Waals surface area contributed by atoms with Gasteiger partial charge in [0, 0.05) is 24.4 Å². The molecule has 2 nitrogen and oxygen atoms in total. The molecule has 0 saturated carbocycles. The normalized spacial score (nSPS) is 10.6. The summed E-state index contributed by atoms with van der Waals surface area (Å²) in [6.07, 6.45) is 0. The quantitative estimate of drug-likeness (QED) is 0.442. The molecule has 0 spiro atoms. The Bertz CT molecular complexity index is 458. The van der Waals surface area contributed by atoms with Crippen LogP contribution in [0.3, 0.4) is 0 Å². The molecule has 13 heavy (non-hydrogen) atoms. The minimum absolute atomic E-state index is 0.734. The van der Waals surface area contributed by atoms with E-state index in [9.17, 15) is 5.21 Å². The summed E-state index contributed by atoms with van der Waals surface area (Å²) in [5.41, 5.74) is 2.60. The minimum atomic E-state index is 0.734. The molecule has 0 aliphatic carbocycles. The zero-order valence-corrected chi connectivity index (χ0v) is 7.74. The highest BCUT2D eigenvalue weighted by Gasteiger charge is 2.05. The third-order valence-corrected chi connectivity index (χ3v) is 2.23. The fourth-order valence-electron chi connectivity index (χ4n) is 1.44. The van der Waals surface area contributed by atoms with E-state index in [0.29, 0.717) is 0 Å². The Balaban J connectivity index is 2.89. The van der Waals surface area contributed by atoms with Crippen LogP contribution >= 0.6 is 0 Å². The molecular formula is C11H11NO. The van der Waals surface area contributed by atoms with E-state index in [4.69, 9.17) is 0 Å². The molecule has 0 unspecified atom stereocenters. The van der Waals surface area contributed by atoms with Gasteiger partial charge in [0.15, 0.2) is 5.69 Å². The van der Waals surface area contributed by atoms with Crippen LogP contribution in [0.1, 0.15) is 11.3 Å². The van der Waals surface area contributed by atoms with Crippen molar-refractivity contribution in [1.82, 2.24) is 0 Å². The summed E-state index contributed by atoms with van der Waals surface area (Å²) in [4.78, 5) is 0. The second-order valence-electron chi connectivity index (χ2n) is 3.33. The van der Waals surface area contributed by atoms with E-state index in [1.54, 1.807) is 0 Å². The highest BCUT2D eigenvalue weighted by Crippen LogP contribution is 2.12. The molecule has 0 aliphatic heterocycles. The Kier molecular flexibility index (Phi) is 1.69. The first-order valence-corrected chi connectivity index (χ1v) is 4.28. The fraction of sp³-hybridized carbons (Fsp3) is 0.182. The number of benzene rings is 1. The summed E-state index contributed by atoms with van der Waals surface area (Å²) >= 11 is 0. The lowest BCUT2D eigenvalue weighted by Gasteiger charge is -2.04. The van der Waals surface area contributed by atoms with Gasteiger partial charge in [-0.1, -0.05) is 6.07 Å².